The van der Waals surface area contributed by atoms with Crippen molar-refractivity contribution in [3.05, 3.63) is 93.9 Å². The van der Waals surface area contributed by atoms with E-state index >= 15 is 0 Å². The molecule has 1 amide bonds. The first-order valence-electron chi connectivity index (χ1n) is 11.8. The van der Waals surface area contributed by atoms with Crippen molar-refractivity contribution in [1.82, 2.24) is 4.90 Å². The minimum Gasteiger partial charge on any atom is -0.465 e. The molecule has 0 aliphatic carbocycles. The van der Waals surface area contributed by atoms with E-state index in [4.69, 9.17) is 9.73 Å². The molecule has 1 fully saturated rings. The summed E-state index contributed by atoms with van der Waals surface area (Å²) in [5, 5.41) is 4.74. The summed E-state index contributed by atoms with van der Waals surface area (Å²) in [6, 6.07) is 23.2. The second-order valence-corrected chi connectivity index (χ2v) is 10.4. The Kier molecular flexibility index (Phi) is 7.25. The second-order valence-electron chi connectivity index (χ2n) is 8.39. The first kappa shape index (κ1) is 25.0. The fraction of sp³-hybridized carbons (Fsp3) is 0.179. The van der Waals surface area contributed by atoms with Crippen LogP contribution in [0.15, 0.2) is 92.6 Å². The molecular weight excluding hydrogens is 504 g/mol. The lowest BCUT2D eigenvalue weighted by atomic mass is 10.1. The van der Waals surface area contributed by atoms with Crippen molar-refractivity contribution in [2.75, 3.05) is 30.9 Å². The van der Waals surface area contributed by atoms with E-state index in [2.05, 4.69) is 22.3 Å². The number of fused-ring (bicyclic) bond motifs is 1. The molecule has 0 aromatic heterocycles. The molecule has 2 aliphatic heterocycles. The summed E-state index contributed by atoms with van der Waals surface area (Å²) in [5.41, 5.74) is 3.81. The van der Waals surface area contributed by atoms with Crippen molar-refractivity contribution in [3.8, 4) is 0 Å². The van der Waals surface area contributed by atoms with Crippen LogP contribution in [0.4, 0.5) is 17.1 Å². The summed E-state index contributed by atoms with van der Waals surface area (Å²) in [6.45, 7) is 3.06. The van der Waals surface area contributed by atoms with Gasteiger partial charge in [0.05, 0.1) is 41.3 Å². The number of anilines is 2. The molecule has 2 aliphatic rings. The molecule has 7 nitrogen and oxygen atoms in total. The predicted octanol–water partition coefficient (Wildman–Crippen LogP) is 6.08. The molecular formula is C28H26N4O3S2. The number of hydrogen-bond donors (Lipinski definition) is 1. The number of esters is 1. The smallest absolute Gasteiger partial charge is 0.337 e. The van der Waals surface area contributed by atoms with Gasteiger partial charge in [-0.2, -0.15) is 0 Å². The molecule has 0 radical (unpaired) electrons. The maximum atomic E-state index is 13.9. The van der Waals surface area contributed by atoms with Gasteiger partial charge in [0.15, 0.2) is 5.17 Å². The van der Waals surface area contributed by atoms with E-state index < -0.39 is 5.97 Å². The number of nitrogens with one attached hydrogen (secondary N) is 1. The van der Waals surface area contributed by atoms with E-state index in [1.807, 2.05) is 62.5 Å². The van der Waals surface area contributed by atoms with Crippen molar-refractivity contribution in [1.29, 1.82) is 0 Å². The number of ether oxygens (including phenoxy) is 1. The van der Waals surface area contributed by atoms with Gasteiger partial charge in [0.1, 0.15) is 4.91 Å². The number of hydrogen-bond acceptors (Lipinski definition) is 8. The maximum Gasteiger partial charge on any atom is 0.337 e. The van der Waals surface area contributed by atoms with Gasteiger partial charge >= 0.3 is 5.97 Å². The lowest BCUT2D eigenvalue weighted by molar-refractivity contribution is -0.122. The van der Waals surface area contributed by atoms with E-state index in [0.29, 0.717) is 34.4 Å². The van der Waals surface area contributed by atoms with Crippen LogP contribution in [-0.4, -0.2) is 42.6 Å². The van der Waals surface area contributed by atoms with Crippen LogP contribution < -0.4 is 10.2 Å². The van der Waals surface area contributed by atoms with Crippen LogP contribution in [0, 0.1) is 0 Å². The number of aliphatic imine (C=N–C) groups is 1. The van der Waals surface area contributed by atoms with Gasteiger partial charge in [-0.1, -0.05) is 54.2 Å². The Morgan fingerprint density at radius 2 is 1.78 bits per heavy atom. The first-order valence-corrected chi connectivity index (χ1v) is 13.5. The molecule has 0 spiro atoms. The molecule has 0 atom stereocenters. The van der Waals surface area contributed by atoms with Crippen molar-refractivity contribution in [2.45, 2.75) is 18.4 Å². The number of para-hydroxylation sites is 1. The minimum absolute atomic E-state index is 0.0936. The molecule has 0 saturated carbocycles. The number of amidine groups is 1. The monoisotopic (exact) mass is 530 g/mol. The van der Waals surface area contributed by atoms with Crippen molar-refractivity contribution in [2.24, 2.45) is 4.99 Å². The van der Waals surface area contributed by atoms with E-state index in [9.17, 15) is 9.59 Å². The zero-order valence-corrected chi connectivity index (χ0v) is 22.4. The highest BCUT2D eigenvalue weighted by atomic mass is 32.2. The Morgan fingerprint density at radius 3 is 2.51 bits per heavy atom. The highest BCUT2D eigenvalue weighted by Crippen LogP contribution is 2.50. The standard InChI is InChI=1S/C28H26N4O3S2/c1-4-29-20-15-14-19(27(34)35-3)16-21(20)30-28-32(17-18-10-6-5-7-11-18)25(33)24(37-28)26-31(2)22-12-8-9-13-23(22)36-26/h5-16,29H,4,17H2,1-3H3/b26-24-,30-28-. The number of amides is 1. The molecule has 1 N–H and O–H groups in total. The number of thioether (sulfide) groups is 2. The molecule has 2 heterocycles. The van der Waals surface area contributed by atoms with Gasteiger partial charge < -0.3 is 15.0 Å². The predicted molar refractivity (Wildman–Crippen MR) is 151 cm³/mol. The number of rotatable bonds is 6. The van der Waals surface area contributed by atoms with Crippen LogP contribution in [0.5, 0.6) is 0 Å². The van der Waals surface area contributed by atoms with Gasteiger partial charge in [0.25, 0.3) is 5.91 Å². The third-order valence-electron chi connectivity index (χ3n) is 5.98. The normalized spacial score (nSPS) is 17.9. The van der Waals surface area contributed by atoms with Crippen molar-refractivity contribution < 1.29 is 14.3 Å². The Bertz CT molecular complexity index is 1420. The Balaban J connectivity index is 1.60. The van der Waals surface area contributed by atoms with Crippen LogP contribution in [0.1, 0.15) is 22.8 Å². The molecule has 9 heteroatoms. The van der Waals surface area contributed by atoms with E-state index in [0.717, 1.165) is 26.9 Å². The number of benzene rings is 3. The average Bonchev–Trinajstić information content (AvgIpc) is 3.41. The van der Waals surface area contributed by atoms with Gasteiger partial charge in [-0.3, -0.25) is 9.69 Å². The second kappa shape index (κ2) is 10.7. The first-order chi connectivity index (χ1) is 18.0. The zero-order valence-electron chi connectivity index (χ0n) is 20.7. The van der Waals surface area contributed by atoms with E-state index in [1.165, 1.54) is 18.9 Å². The van der Waals surface area contributed by atoms with Crippen molar-refractivity contribution >= 4 is 57.6 Å². The molecule has 3 aromatic rings. The summed E-state index contributed by atoms with van der Waals surface area (Å²) in [7, 11) is 3.33. The molecule has 3 aromatic carbocycles. The van der Waals surface area contributed by atoms with Crippen LogP contribution in [0.2, 0.25) is 0 Å². The summed E-state index contributed by atoms with van der Waals surface area (Å²) in [4.78, 5) is 36.5. The number of carbonyl (C=O) groups excluding carboxylic acids is 2. The third-order valence-corrected chi connectivity index (χ3v) is 8.41. The fourth-order valence-electron chi connectivity index (χ4n) is 4.14. The third kappa shape index (κ3) is 4.97. The number of nitrogens with zero attached hydrogens (tertiary/aromatic N) is 3. The average molecular weight is 531 g/mol. The maximum absolute atomic E-state index is 13.9. The Morgan fingerprint density at radius 1 is 1.03 bits per heavy atom. The van der Waals surface area contributed by atoms with E-state index in [1.54, 1.807) is 28.8 Å². The zero-order chi connectivity index (χ0) is 25.9. The molecule has 0 bridgehead atoms. The highest BCUT2D eigenvalue weighted by molar-refractivity contribution is 8.19. The van der Waals surface area contributed by atoms with Gasteiger partial charge in [-0.25, -0.2) is 9.79 Å². The molecule has 0 unspecified atom stereocenters. The topological polar surface area (TPSA) is 74.2 Å². The Labute approximate surface area is 224 Å². The lowest BCUT2D eigenvalue weighted by Gasteiger charge is -2.17. The Hall–Kier alpha value is -3.69. The molecule has 5 rings (SSSR count). The summed E-state index contributed by atoms with van der Waals surface area (Å²) < 4.78 is 4.91. The quantitative estimate of drug-likeness (QED) is 0.306. The highest BCUT2D eigenvalue weighted by Gasteiger charge is 2.39. The summed E-state index contributed by atoms with van der Waals surface area (Å²) in [5.74, 6) is -0.533. The molecule has 1 saturated heterocycles. The lowest BCUT2D eigenvalue weighted by Crippen LogP contribution is -2.29. The minimum atomic E-state index is -0.439. The number of methoxy groups -OCH3 is 1. The van der Waals surface area contributed by atoms with E-state index in [-0.39, 0.29) is 5.91 Å². The van der Waals surface area contributed by atoms with Gasteiger partial charge in [0, 0.05) is 18.5 Å². The summed E-state index contributed by atoms with van der Waals surface area (Å²) in [6.07, 6.45) is 0. The van der Waals surface area contributed by atoms with Gasteiger partial charge in [-0.05, 0) is 54.6 Å². The van der Waals surface area contributed by atoms with Crippen LogP contribution in [0.3, 0.4) is 0 Å². The number of carbonyl (C=O) groups is 2. The fourth-order valence-corrected chi connectivity index (χ4v) is 6.47. The molecule has 188 valence electrons. The van der Waals surface area contributed by atoms with Crippen LogP contribution in [0.25, 0.3) is 0 Å². The van der Waals surface area contributed by atoms with Gasteiger partial charge in [0.2, 0.25) is 0 Å². The van der Waals surface area contributed by atoms with Crippen LogP contribution >= 0.6 is 23.5 Å². The largest absolute Gasteiger partial charge is 0.465 e. The molecule has 37 heavy (non-hydrogen) atoms. The SMILES string of the molecule is CCNc1ccc(C(=O)OC)cc1/N=C1\S/C(=C2\Sc3ccccc3N2C)C(=O)N1Cc1ccccc1. The van der Waals surface area contributed by atoms with Crippen LogP contribution in [-0.2, 0) is 16.1 Å². The van der Waals surface area contributed by atoms with Crippen molar-refractivity contribution in [3.63, 3.8) is 0 Å². The van der Waals surface area contributed by atoms with Gasteiger partial charge in [-0.15, -0.1) is 0 Å². The summed E-state index contributed by atoms with van der Waals surface area (Å²) >= 11 is 2.95.